The van der Waals surface area contributed by atoms with E-state index in [1.54, 1.807) is 7.05 Å². The lowest BCUT2D eigenvalue weighted by Gasteiger charge is -2.20. The lowest BCUT2D eigenvalue weighted by atomic mass is 9.98. The SMILES string of the molecule is CNCCC(O)C(O)c1cccc(C(=O)O)c1N. The van der Waals surface area contributed by atoms with E-state index in [1.165, 1.54) is 18.2 Å². The number of aliphatic hydroxyl groups excluding tert-OH is 2. The normalized spacial score (nSPS) is 14.2. The van der Waals surface area contributed by atoms with Crippen LogP contribution in [0.4, 0.5) is 5.69 Å². The smallest absolute Gasteiger partial charge is 0.337 e. The van der Waals surface area contributed by atoms with Crippen molar-refractivity contribution in [3.63, 3.8) is 0 Å². The van der Waals surface area contributed by atoms with Crippen LogP contribution in [-0.2, 0) is 0 Å². The van der Waals surface area contributed by atoms with Gasteiger partial charge in [-0.2, -0.15) is 0 Å². The highest BCUT2D eigenvalue weighted by Crippen LogP contribution is 2.27. The minimum atomic E-state index is -1.20. The van der Waals surface area contributed by atoms with E-state index in [2.05, 4.69) is 5.32 Å². The minimum absolute atomic E-state index is 0.0130. The molecular weight excluding hydrogens is 236 g/mol. The number of aliphatic hydroxyl groups is 2. The van der Waals surface area contributed by atoms with E-state index in [-0.39, 0.29) is 16.8 Å². The standard InChI is InChI=1S/C12H18N2O4/c1-14-6-5-9(15)11(16)7-3-2-4-8(10(7)13)12(17)18/h2-4,9,11,14-16H,5-6,13H2,1H3,(H,17,18). The van der Waals surface area contributed by atoms with Crippen LogP contribution in [0.15, 0.2) is 18.2 Å². The molecule has 1 rings (SSSR count). The van der Waals surface area contributed by atoms with Crippen LogP contribution >= 0.6 is 0 Å². The molecule has 0 amide bonds. The highest BCUT2D eigenvalue weighted by molar-refractivity contribution is 5.94. The van der Waals surface area contributed by atoms with Crippen LogP contribution in [0.1, 0.15) is 28.4 Å². The van der Waals surface area contributed by atoms with Crippen LogP contribution in [-0.4, -0.2) is 41.0 Å². The van der Waals surface area contributed by atoms with Gasteiger partial charge in [0.1, 0.15) is 6.10 Å². The number of rotatable bonds is 6. The summed E-state index contributed by atoms with van der Waals surface area (Å²) in [4.78, 5) is 10.9. The molecular formula is C12H18N2O4. The predicted molar refractivity (Wildman–Crippen MR) is 67.3 cm³/mol. The summed E-state index contributed by atoms with van der Waals surface area (Å²) >= 11 is 0. The molecule has 1 aromatic rings. The molecule has 0 spiro atoms. The monoisotopic (exact) mass is 254 g/mol. The van der Waals surface area contributed by atoms with Gasteiger partial charge in [0.05, 0.1) is 17.4 Å². The Morgan fingerprint density at radius 2 is 2.11 bits per heavy atom. The summed E-state index contributed by atoms with van der Waals surface area (Å²) in [6.45, 7) is 0.538. The van der Waals surface area contributed by atoms with Gasteiger partial charge in [-0.3, -0.25) is 0 Å². The van der Waals surface area contributed by atoms with E-state index < -0.39 is 18.2 Å². The number of aromatic carboxylic acids is 1. The molecule has 6 nitrogen and oxygen atoms in total. The molecule has 0 aliphatic heterocycles. The summed E-state index contributed by atoms with van der Waals surface area (Å²) in [5.74, 6) is -1.16. The first-order valence-electron chi connectivity index (χ1n) is 5.61. The first-order chi connectivity index (χ1) is 8.49. The molecule has 0 heterocycles. The molecule has 2 unspecified atom stereocenters. The second-order valence-electron chi connectivity index (χ2n) is 4.02. The molecule has 100 valence electrons. The molecule has 2 atom stereocenters. The fourth-order valence-corrected chi connectivity index (χ4v) is 1.68. The van der Waals surface area contributed by atoms with Crippen molar-refractivity contribution in [3.05, 3.63) is 29.3 Å². The van der Waals surface area contributed by atoms with Gasteiger partial charge in [-0.15, -0.1) is 0 Å². The van der Waals surface area contributed by atoms with Gasteiger partial charge in [0.25, 0.3) is 0 Å². The maximum Gasteiger partial charge on any atom is 0.337 e. The first-order valence-corrected chi connectivity index (χ1v) is 5.61. The first kappa shape index (κ1) is 14.4. The van der Waals surface area contributed by atoms with Crippen molar-refractivity contribution in [1.29, 1.82) is 0 Å². The van der Waals surface area contributed by atoms with Gasteiger partial charge in [-0.05, 0) is 26.1 Å². The van der Waals surface area contributed by atoms with Crippen LogP contribution in [0, 0.1) is 0 Å². The van der Waals surface area contributed by atoms with Gasteiger partial charge in [0.15, 0.2) is 0 Å². The largest absolute Gasteiger partial charge is 0.478 e. The lowest BCUT2D eigenvalue weighted by Crippen LogP contribution is -2.24. The summed E-state index contributed by atoms with van der Waals surface area (Å²) in [6.07, 6.45) is -1.85. The average Bonchev–Trinajstić information content (AvgIpc) is 2.35. The van der Waals surface area contributed by atoms with E-state index in [0.717, 1.165) is 0 Å². The molecule has 0 fully saturated rings. The second-order valence-corrected chi connectivity index (χ2v) is 4.02. The van der Waals surface area contributed by atoms with Crippen LogP contribution in [0.25, 0.3) is 0 Å². The molecule has 18 heavy (non-hydrogen) atoms. The van der Waals surface area contributed by atoms with Gasteiger partial charge in [-0.25, -0.2) is 4.79 Å². The van der Waals surface area contributed by atoms with Crippen molar-refractivity contribution in [3.8, 4) is 0 Å². The summed E-state index contributed by atoms with van der Waals surface area (Å²) in [5.41, 5.74) is 5.83. The number of nitrogen functional groups attached to an aromatic ring is 1. The number of hydrogen-bond donors (Lipinski definition) is 5. The van der Waals surface area contributed by atoms with E-state index >= 15 is 0 Å². The highest BCUT2D eigenvalue weighted by Gasteiger charge is 2.22. The maximum atomic E-state index is 10.9. The number of hydrogen-bond acceptors (Lipinski definition) is 5. The number of nitrogens with two attached hydrogens (primary N) is 1. The van der Waals surface area contributed by atoms with Crippen molar-refractivity contribution in [2.75, 3.05) is 19.3 Å². The van der Waals surface area contributed by atoms with E-state index in [0.29, 0.717) is 13.0 Å². The van der Waals surface area contributed by atoms with Crippen LogP contribution in [0.3, 0.4) is 0 Å². The molecule has 6 N–H and O–H groups in total. The zero-order valence-corrected chi connectivity index (χ0v) is 10.1. The van der Waals surface area contributed by atoms with Crippen LogP contribution < -0.4 is 11.1 Å². The van der Waals surface area contributed by atoms with E-state index in [9.17, 15) is 15.0 Å². The molecule has 0 aliphatic carbocycles. The summed E-state index contributed by atoms with van der Waals surface area (Å²) in [6, 6.07) is 4.35. The van der Waals surface area contributed by atoms with Crippen molar-refractivity contribution in [2.24, 2.45) is 0 Å². The van der Waals surface area contributed by atoms with Crippen molar-refractivity contribution in [2.45, 2.75) is 18.6 Å². The summed E-state index contributed by atoms with van der Waals surface area (Å²) in [5, 5.41) is 31.5. The van der Waals surface area contributed by atoms with Crippen molar-refractivity contribution >= 4 is 11.7 Å². The number of carboxylic acid groups (broad SMARTS) is 1. The Bertz CT molecular complexity index is 423. The van der Waals surface area contributed by atoms with Gasteiger partial charge < -0.3 is 26.4 Å². The van der Waals surface area contributed by atoms with Crippen molar-refractivity contribution < 1.29 is 20.1 Å². The minimum Gasteiger partial charge on any atom is -0.478 e. The number of anilines is 1. The second kappa shape index (κ2) is 6.34. The van der Waals surface area contributed by atoms with Gasteiger partial charge in [0.2, 0.25) is 0 Å². The Morgan fingerprint density at radius 1 is 1.44 bits per heavy atom. The molecule has 1 aromatic carbocycles. The highest BCUT2D eigenvalue weighted by atomic mass is 16.4. The Labute approximate surface area is 105 Å². The fraction of sp³-hybridized carbons (Fsp3) is 0.417. The number of benzene rings is 1. The molecule has 0 saturated carbocycles. The Balaban J connectivity index is 2.95. The van der Waals surface area contributed by atoms with Gasteiger partial charge in [0, 0.05) is 5.56 Å². The summed E-state index contributed by atoms with van der Waals surface area (Å²) < 4.78 is 0. The van der Waals surface area contributed by atoms with Crippen LogP contribution in [0.2, 0.25) is 0 Å². The Kier molecular flexibility index (Phi) is 5.08. The maximum absolute atomic E-state index is 10.9. The number of carboxylic acids is 1. The topological polar surface area (TPSA) is 116 Å². The molecule has 0 radical (unpaired) electrons. The molecule has 0 aromatic heterocycles. The number of para-hydroxylation sites is 1. The number of nitrogens with one attached hydrogen (secondary N) is 1. The molecule has 0 saturated heterocycles. The quantitative estimate of drug-likeness (QED) is 0.455. The fourth-order valence-electron chi connectivity index (χ4n) is 1.68. The molecule has 0 aliphatic rings. The van der Waals surface area contributed by atoms with Crippen molar-refractivity contribution in [1.82, 2.24) is 5.32 Å². The molecule has 0 bridgehead atoms. The third-order valence-corrected chi connectivity index (χ3v) is 2.74. The van der Waals surface area contributed by atoms with E-state index in [4.69, 9.17) is 10.8 Å². The van der Waals surface area contributed by atoms with Gasteiger partial charge >= 0.3 is 5.97 Å². The predicted octanol–water partition coefficient (Wildman–Crippen LogP) is -0.0292. The zero-order chi connectivity index (χ0) is 13.7. The Hall–Kier alpha value is -1.63. The van der Waals surface area contributed by atoms with Gasteiger partial charge in [-0.1, -0.05) is 12.1 Å². The third-order valence-electron chi connectivity index (χ3n) is 2.74. The van der Waals surface area contributed by atoms with Crippen LogP contribution in [0.5, 0.6) is 0 Å². The Morgan fingerprint density at radius 3 is 2.67 bits per heavy atom. The summed E-state index contributed by atoms with van der Waals surface area (Å²) in [7, 11) is 1.73. The molecule has 6 heteroatoms. The number of carbonyl (C=O) groups is 1. The average molecular weight is 254 g/mol. The lowest BCUT2D eigenvalue weighted by molar-refractivity contribution is 0.0144. The zero-order valence-electron chi connectivity index (χ0n) is 10.1. The third kappa shape index (κ3) is 3.19. The van der Waals surface area contributed by atoms with E-state index in [1.807, 2.05) is 0 Å².